The van der Waals surface area contributed by atoms with Crippen LogP contribution in [0.15, 0.2) is 42.6 Å². The molecular formula is C19H22F3N3O2. The Morgan fingerprint density at radius 2 is 1.93 bits per heavy atom. The fourth-order valence-electron chi connectivity index (χ4n) is 2.37. The number of nitrogens with one attached hydrogen (secondary N) is 1. The molecule has 0 spiro atoms. The largest absolute Gasteiger partial charge is 0.439 e. The summed E-state index contributed by atoms with van der Waals surface area (Å²) >= 11 is 0. The first-order valence-electron chi connectivity index (χ1n) is 8.65. The Morgan fingerprint density at radius 1 is 1.22 bits per heavy atom. The second-order valence-corrected chi connectivity index (χ2v) is 6.06. The average Bonchev–Trinajstić information content (AvgIpc) is 2.65. The van der Waals surface area contributed by atoms with Crippen molar-refractivity contribution in [2.75, 3.05) is 6.54 Å². The number of amides is 1. The van der Waals surface area contributed by atoms with Crippen molar-refractivity contribution >= 4 is 5.91 Å². The molecule has 1 aromatic carbocycles. The number of nitrogens with zero attached hydrogens (tertiary/aromatic N) is 1. The summed E-state index contributed by atoms with van der Waals surface area (Å²) in [6.45, 7) is 2.44. The molecule has 8 heteroatoms. The second kappa shape index (κ2) is 9.36. The van der Waals surface area contributed by atoms with Crippen molar-refractivity contribution in [3.8, 4) is 11.6 Å². The lowest BCUT2D eigenvalue weighted by Gasteiger charge is -2.16. The van der Waals surface area contributed by atoms with Crippen LogP contribution in [0.5, 0.6) is 11.6 Å². The quantitative estimate of drug-likeness (QED) is 0.720. The van der Waals surface area contributed by atoms with Gasteiger partial charge in [0.25, 0.3) is 5.91 Å². The Hall–Kier alpha value is -2.61. The van der Waals surface area contributed by atoms with Crippen LogP contribution in [0.3, 0.4) is 0 Å². The first-order chi connectivity index (χ1) is 12.8. The van der Waals surface area contributed by atoms with E-state index in [1.165, 1.54) is 0 Å². The van der Waals surface area contributed by atoms with Gasteiger partial charge in [0.1, 0.15) is 5.75 Å². The number of hydrogen-bond donors (Lipinski definition) is 2. The lowest BCUT2D eigenvalue weighted by atomic mass is 10.1. The van der Waals surface area contributed by atoms with Gasteiger partial charge in [-0.05, 0) is 36.8 Å². The van der Waals surface area contributed by atoms with Gasteiger partial charge in [0, 0.05) is 30.4 Å². The smallest absolute Gasteiger partial charge is 0.417 e. The summed E-state index contributed by atoms with van der Waals surface area (Å²) in [4.78, 5) is 15.9. The molecule has 1 unspecified atom stereocenters. The maximum atomic E-state index is 12.5. The van der Waals surface area contributed by atoms with Crippen LogP contribution in [0.25, 0.3) is 0 Å². The Labute approximate surface area is 155 Å². The highest BCUT2D eigenvalue weighted by atomic mass is 19.4. The van der Waals surface area contributed by atoms with Crippen molar-refractivity contribution in [3.05, 3.63) is 53.7 Å². The number of benzene rings is 1. The minimum Gasteiger partial charge on any atom is -0.439 e. The van der Waals surface area contributed by atoms with Crippen molar-refractivity contribution in [2.45, 2.75) is 38.4 Å². The molecule has 0 aliphatic carbocycles. The Balaban J connectivity index is 1.97. The Kier molecular flexibility index (Phi) is 7.18. The van der Waals surface area contributed by atoms with Gasteiger partial charge in [0.15, 0.2) is 0 Å². The van der Waals surface area contributed by atoms with Gasteiger partial charge in [-0.3, -0.25) is 4.79 Å². The number of hydrogen-bond acceptors (Lipinski definition) is 4. The van der Waals surface area contributed by atoms with Gasteiger partial charge >= 0.3 is 6.18 Å². The summed E-state index contributed by atoms with van der Waals surface area (Å²) in [5, 5.41) is 2.88. The highest BCUT2D eigenvalue weighted by molar-refractivity contribution is 5.94. The van der Waals surface area contributed by atoms with Crippen LogP contribution >= 0.6 is 0 Å². The first kappa shape index (κ1) is 20.7. The third-order valence-corrected chi connectivity index (χ3v) is 3.93. The molecule has 2 rings (SSSR count). The molecule has 27 heavy (non-hydrogen) atoms. The standard InChI is InChI=1S/C19H22F3N3O2/c1-2-3-4-15(11-23)25-18(26)13-5-8-16(9-6-13)27-17-10-7-14(12-24-17)19(20,21)22/h5-10,12,15H,2-4,11,23H2,1H3,(H,25,26). The summed E-state index contributed by atoms with van der Waals surface area (Å²) in [5.41, 5.74) is 5.27. The van der Waals surface area contributed by atoms with Gasteiger partial charge in [0.05, 0.1) is 5.56 Å². The number of rotatable bonds is 8. The molecule has 0 aliphatic heterocycles. The highest BCUT2D eigenvalue weighted by Gasteiger charge is 2.30. The number of ether oxygens (including phenoxy) is 1. The van der Waals surface area contributed by atoms with Crippen LogP contribution in [-0.2, 0) is 6.18 Å². The zero-order valence-corrected chi connectivity index (χ0v) is 14.9. The molecule has 0 bridgehead atoms. The minimum atomic E-state index is -4.45. The molecule has 5 nitrogen and oxygen atoms in total. The topological polar surface area (TPSA) is 77.2 Å². The molecule has 1 atom stereocenters. The molecule has 0 saturated heterocycles. The number of carbonyl (C=O) groups is 1. The molecule has 1 heterocycles. The zero-order valence-electron chi connectivity index (χ0n) is 14.9. The maximum Gasteiger partial charge on any atom is 0.417 e. The number of nitrogens with two attached hydrogens (primary N) is 1. The Morgan fingerprint density at radius 3 is 2.44 bits per heavy atom. The summed E-state index contributed by atoms with van der Waals surface area (Å²) in [6, 6.07) is 8.21. The monoisotopic (exact) mass is 381 g/mol. The third-order valence-electron chi connectivity index (χ3n) is 3.93. The van der Waals surface area contributed by atoms with E-state index in [1.54, 1.807) is 24.3 Å². The predicted octanol–water partition coefficient (Wildman–Crippen LogP) is 4.14. The predicted molar refractivity (Wildman–Crippen MR) is 95.6 cm³/mol. The number of unbranched alkanes of at least 4 members (excludes halogenated alkanes) is 1. The average molecular weight is 381 g/mol. The zero-order chi connectivity index (χ0) is 19.9. The van der Waals surface area contributed by atoms with Crippen molar-refractivity contribution < 1.29 is 22.7 Å². The fourth-order valence-corrected chi connectivity index (χ4v) is 2.37. The van der Waals surface area contributed by atoms with Crippen molar-refractivity contribution in [2.24, 2.45) is 5.73 Å². The minimum absolute atomic E-state index is 0.0305. The van der Waals surface area contributed by atoms with E-state index in [2.05, 4.69) is 17.2 Å². The van der Waals surface area contributed by atoms with E-state index in [0.717, 1.165) is 31.4 Å². The number of halogens is 3. The van der Waals surface area contributed by atoms with E-state index in [-0.39, 0.29) is 17.8 Å². The molecule has 1 aromatic heterocycles. The molecule has 146 valence electrons. The van der Waals surface area contributed by atoms with E-state index >= 15 is 0 Å². The van der Waals surface area contributed by atoms with Crippen molar-refractivity contribution in [1.82, 2.24) is 10.3 Å². The lowest BCUT2D eigenvalue weighted by Crippen LogP contribution is -2.40. The maximum absolute atomic E-state index is 12.5. The molecule has 0 radical (unpaired) electrons. The second-order valence-electron chi connectivity index (χ2n) is 6.06. The van der Waals surface area contributed by atoms with Crippen LogP contribution in [-0.4, -0.2) is 23.5 Å². The van der Waals surface area contributed by atoms with Crippen LogP contribution in [0.4, 0.5) is 13.2 Å². The Bertz CT molecular complexity index is 731. The van der Waals surface area contributed by atoms with Crippen LogP contribution in [0.2, 0.25) is 0 Å². The number of pyridine rings is 1. The van der Waals surface area contributed by atoms with Crippen LogP contribution < -0.4 is 15.8 Å². The molecular weight excluding hydrogens is 359 g/mol. The van der Waals surface area contributed by atoms with E-state index in [1.807, 2.05) is 0 Å². The molecule has 0 aliphatic rings. The number of carbonyl (C=O) groups excluding carboxylic acids is 1. The van der Waals surface area contributed by atoms with Gasteiger partial charge in [-0.15, -0.1) is 0 Å². The van der Waals surface area contributed by atoms with E-state index in [0.29, 0.717) is 24.1 Å². The summed E-state index contributed by atoms with van der Waals surface area (Å²) in [5.74, 6) is 0.156. The number of alkyl halides is 3. The summed E-state index contributed by atoms with van der Waals surface area (Å²) in [6.07, 6.45) is -0.912. The first-order valence-corrected chi connectivity index (χ1v) is 8.65. The van der Waals surface area contributed by atoms with Gasteiger partial charge in [-0.2, -0.15) is 13.2 Å². The molecule has 2 aromatic rings. The van der Waals surface area contributed by atoms with E-state index < -0.39 is 11.7 Å². The fraction of sp³-hybridized carbons (Fsp3) is 0.368. The van der Waals surface area contributed by atoms with Crippen molar-refractivity contribution in [3.63, 3.8) is 0 Å². The van der Waals surface area contributed by atoms with Crippen molar-refractivity contribution in [1.29, 1.82) is 0 Å². The van der Waals surface area contributed by atoms with E-state index in [4.69, 9.17) is 10.5 Å². The lowest BCUT2D eigenvalue weighted by molar-refractivity contribution is -0.137. The normalized spacial score (nSPS) is 12.5. The summed E-state index contributed by atoms with van der Waals surface area (Å²) < 4.78 is 43.0. The molecule has 0 fully saturated rings. The van der Waals surface area contributed by atoms with E-state index in [9.17, 15) is 18.0 Å². The van der Waals surface area contributed by atoms with Crippen LogP contribution in [0, 0.1) is 0 Å². The summed E-state index contributed by atoms with van der Waals surface area (Å²) in [7, 11) is 0. The van der Waals surface area contributed by atoms with Gasteiger partial charge < -0.3 is 15.8 Å². The SMILES string of the molecule is CCCCC(CN)NC(=O)c1ccc(Oc2ccc(C(F)(F)F)cn2)cc1. The number of aromatic nitrogens is 1. The molecule has 1 amide bonds. The molecule has 0 saturated carbocycles. The van der Waals surface area contributed by atoms with Gasteiger partial charge in [-0.1, -0.05) is 19.8 Å². The van der Waals surface area contributed by atoms with Crippen LogP contribution in [0.1, 0.15) is 42.1 Å². The molecule has 3 N–H and O–H groups in total. The third kappa shape index (κ3) is 6.25. The highest BCUT2D eigenvalue weighted by Crippen LogP contribution is 2.30. The van der Waals surface area contributed by atoms with Gasteiger partial charge in [-0.25, -0.2) is 4.98 Å². The van der Waals surface area contributed by atoms with Gasteiger partial charge in [0.2, 0.25) is 5.88 Å².